The Labute approximate surface area is 211 Å². The fourth-order valence-corrected chi connectivity index (χ4v) is 3.87. The highest BCUT2D eigenvalue weighted by molar-refractivity contribution is 5.70. The summed E-state index contributed by atoms with van der Waals surface area (Å²) in [4.78, 5) is 21.9. The van der Waals surface area contributed by atoms with E-state index in [0.29, 0.717) is 19.4 Å². The minimum atomic E-state index is -0.668. The van der Waals surface area contributed by atoms with Crippen LogP contribution in [0.25, 0.3) is 0 Å². The molecule has 0 radical (unpaired) electrons. The van der Waals surface area contributed by atoms with E-state index < -0.39 is 5.97 Å². The molecule has 1 atom stereocenters. The number of hydrogen-bond donors (Lipinski definition) is 1. The molecule has 0 heterocycles. The third-order valence-corrected chi connectivity index (χ3v) is 6.05. The second-order valence-electron chi connectivity index (χ2n) is 9.37. The first-order chi connectivity index (χ1) is 16.5. The molecule has 200 valence electrons. The van der Waals surface area contributed by atoms with Crippen LogP contribution in [-0.2, 0) is 14.3 Å². The van der Waals surface area contributed by atoms with Gasteiger partial charge in [0.15, 0.2) is 0 Å². The molecule has 0 bridgehead atoms. The number of aliphatic carboxylic acids is 1. The molecule has 34 heavy (non-hydrogen) atoms. The number of carboxylic acids is 1. The Kier molecular flexibility index (Phi) is 30.0. The number of hydrogen-bond acceptors (Lipinski definition) is 3. The van der Waals surface area contributed by atoms with Crippen LogP contribution < -0.4 is 0 Å². The lowest BCUT2D eigenvalue weighted by molar-refractivity contribution is -0.143. The minimum absolute atomic E-state index is 0.106. The van der Waals surface area contributed by atoms with E-state index in [-0.39, 0.29) is 11.9 Å². The molecule has 0 aromatic rings. The van der Waals surface area contributed by atoms with Gasteiger partial charge in [-0.15, -0.1) is 6.58 Å². The minimum Gasteiger partial charge on any atom is -0.481 e. The van der Waals surface area contributed by atoms with Gasteiger partial charge in [-0.05, 0) is 19.3 Å². The van der Waals surface area contributed by atoms with Crippen molar-refractivity contribution < 1.29 is 19.4 Å². The predicted octanol–water partition coefficient (Wildman–Crippen LogP) is 9.43. The topological polar surface area (TPSA) is 63.6 Å². The van der Waals surface area contributed by atoms with Gasteiger partial charge in [-0.2, -0.15) is 0 Å². The number of unbranched alkanes of at least 4 members (excludes halogenated alkanes) is 15. The summed E-state index contributed by atoms with van der Waals surface area (Å²) in [5, 5.41) is 9.05. The van der Waals surface area contributed by atoms with E-state index in [2.05, 4.69) is 27.0 Å². The molecule has 0 aliphatic carbocycles. The molecule has 1 N–H and O–H groups in total. The Morgan fingerprint density at radius 1 is 0.706 bits per heavy atom. The van der Waals surface area contributed by atoms with Crippen molar-refractivity contribution in [3.8, 4) is 0 Å². The maximum atomic E-state index is 11.0. The summed E-state index contributed by atoms with van der Waals surface area (Å²) in [5.41, 5.74) is 0. The van der Waals surface area contributed by atoms with E-state index in [1.165, 1.54) is 89.9 Å². The summed E-state index contributed by atoms with van der Waals surface area (Å²) in [6.45, 7) is 11.9. The van der Waals surface area contributed by atoms with Crippen molar-refractivity contribution in [2.24, 2.45) is 5.92 Å². The highest BCUT2D eigenvalue weighted by Gasteiger charge is 2.14. The molecule has 0 rings (SSSR count). The van der Waals surface area contributed by atoms with Crippen molar-refractivity contribution >= 4 is 11.9 Å². The van der Waals surface area contributed by atoms with E-state index in [1.807, 2.05) is 0 Å². The first-order valence-corrected chi connectivity index (χ1v) is 14.1. The second kappa shape index (κ2) is 29.5. The summed E-state index contributed by atoms with van der Waals surface area (Å²) in [6, 6.07) is 0. The molecule has 0 fully saturated rings. The van der Waals surface area contributed by atoms with Gasteiger partial charge < -0.3 is 9.84 Å². The SMILES string of the molecule is C=CCC(CCCCCCCCCCCCCCC)C(=O)O.C=CCOC(=O)CCCCCC. The van der Waals surface area contributed by atoms with Crippen molar-refractivity contribution in [1.29, 1.82) is 0 Å². The molecule has 0 aliphatic heterocycles. The molecular formula is C30H56O4. The van der Waals surface area contributed by atoms with Crippen LogP contribution in [0.5, 0.6) is 0 Å². The molecule has 0 aromatic carbocycles. The van der Waals surface area contributed by atoms with Crippen molar-refractivity contribution in [3.63, 3.8) is 0 Å². The average molecular weight is 481 g/mol. The highest BCUT2D eigenvalue weighted by Crippen LogP contribution is 2.17. The zero-order valence-corrected chi connectivity index (χ0v) is 22.7. The lowest BCUT2D eigenvalue weighted by atomic mass is 9.97. The smallest absolute Gasteiger partial charge is 0.306 e. The largest absolute Gasteiger partial charge is 0.481 e. The maximum Gasteiger partial charge on any atom is 0.306 e. The summed E-state index contributed by atoms with van der Waals surface area (Å²) in [5.74, 6) is -0.991. The monoisotopic (exact) mass is 480 g/mol. The van der Waals surface area contributed by atoms with Crippen LogP contribution in [0.2, 0.25) is 0 Å². The van der Waals surface area contributed by atoms with E-state index in [0.717, 1.165) is 25.7 Å². The van der Waals surface area contributed by atoms with Crippen molar-refractivity contribution in [2.45, 2.75) is 142 Å². The first kappa shape index (κ1) is 34.6. The van der Waals surface area contributed by atoms with E-state index in [1.54, 1.807) is 12.2 Å². The van der Waals surface area contributed by atoms with Gasteiger partial charge in [0.05, 0.1) is 5.92 Å². The van der Waals surface area contributed by atoms with Crippen LogP contribution in [0.1, 0.15) is 142 Å². The predicted molar refractivity (Wildman–Crippen MR) is 146 cm³/mol. The molecule has 0 saturated carbocycles. The van der Waals surface area contributed by atoms with Crippen molar-refractivity contribution in [3.05, 3.63) is 25.3 Å². The number of esters is 1. The Bertz CT molecular complexity index is 472. The normalized spacial score (nSPS) is 11.2. The molecule has 0 aliphatic rings. The van der Waals surface area contributed by atoms with Gasteiger partial charge in [0.2, 0.25) is 0 Å². The number of carbonyl (C=O) groups is 2. The van der Waals surface area contributed by atoms with E-state index in [9.17, 15) is 9.59 Å². The van der Waals surface area contributed by atoms with Gasteiger partial charge in [-0.3, -0.25) is 9.59 Å². The van der Waals surface area contributed by atoms with Gasteiger partial charge in [0.25, 0.3) is 0 Å². The maximum absolute atomic E-state index is 11.0. The third kappa shape index (κ3) is 28.5. The molecule has 0 saturated heterocycles. The first-order valence-electron chi connectivity index (χ1n) is 14.1. The zero-order chi connectivity index (χ0) is 25.7. The Morgan fingerprint density at radius 2 is 1.15 bits per heavy atom. The Morgan fingerprint density at radius 3 is 1.56 bits per heavy atom. The van der Waals surface area contributed by atoms with Crippen LogP contribution in [-0.4, -0.2) is 23.7 Å². The molecule has 4 heteroatoms. The molecule has 0 spiro atoms. The van der Waals surface area contributed by atoms with E-state index >= 15 is 0 Å². The van der Waals surface area contributed by atoms with Crippen LogP contribution in [0.3, 0.4) is 0 Å². The quantitative estimate of drug-likeness (QED) is 0.0848. The fourth-order valence-electron chi connectivity index (χ4n) is 3.87. The van der Waals surface area contributed by atoms with Gasteiger partial charge in [0.1, 0.15) is 6.61 Å². The molecular weight excluding hydrogens is 424 g/mol. The Balaban J connectivity index is 0. The number of rotatable bonds is 24. The standard InChI is InChI=1S/C20H38O2.C10H18O2/c1-3-5-6-7-8-9-10-11-12-13-14-15-16-18-19(17-4-2)20(21)22;1-3-5-6-7-8-10(11)12-9-4-2/h4,19H,2-3,5-18H2,1H3,(H,21,22);4H,2-3,5-9H2,1H3. The van der Waals surface area contributed by atoms with Gasteiger partial charge in [-0.25, -0.2) is 0 Å². The number of carboxylic acid groups (broad SMARTS) is 1. The van der Waals surface area contributed by atoms with Crippen LogP contribution in [0.15, 0.2) is 25.3 Å². The number of ether oxygens (including phenoxy) is 1. The summed E-state index contributed by atoms with van der Waals surface area (Å²) < 4.78 is 4.81. The lowest BCUT2D eigenvalue weighted by Crippen LogP contribution is -2.12. The summed E-state index contributed by atoms with van der Waals surface area (Å²) >= 11 is 0. The second-order valence-corrected chi connectivity index (χ2v) is 9.37. The van der Waals surface area contributed by atoms with Crippen LogP contribution in [0.4, 0.5) is 0 Å². The third-order valence-electron chi connectivity index (χ3n) is 6.05. The number of allylic oxidation sites excluding steroid dienone is 1. The fraction of sp³-hybridized carbons (Fsp3) is 0.800. The van der Waals surface area contributed by atoms with Crippen molar-refractivity contribution in [1.82, 2.24) is 0 Å². The van der Waals surface area contributed by atoms with E-state index in [4.69, 9.17) is 9.84 Å². The van der Waals surface area contributed by atoms with Gasteiger partial charge >= 0.3 is 11.9 Å². The molecule has 0 amide bonds. The van der Waals surface area contributed by atoms with Crippen LogP contribution in [0, 0.1) is 5.92 Å². The lowest BCUT2D eigenvalue weighted by Gasteiger charge is -2.09. The Hall–Kier alpha value is -1.58. The van der Waals surface area contributed by atoms with Gasteiger partial charge in [-0.1, -0.05) is 135 Å². The molecule has 0 aromatic heterocycles. The van der Waals surface area contributed by atoms with Crippen molar-refractivity contribution in [2.75, 3.05) is 6.61 Å². The van der Waals surface area contributed by atoms with Gasteiger partial charge in [0, 0.05) is 6.42 Å². The highest BCUT2D eigenvalue weighted by atomic mass is 16.5. The molecule has 4 nitrogen and oxygen atoms in total. The van der Waals surface area contributed by atoms with Crippen LogP contribution >= 0.6 is 0 Å². The zero-order valence-electron chi connectivity index (χ0n) is 22.7. The average Bonchev–Trinajstić information content (AvgIpc) is 2.83. The summed E-state index contributed by atoms with van der Waals surface area (Å²) in [7, 11) is 0. The summed E-state index contributed by atoms with van der Waals surface area (Å²) in [6.07, 6.45) is 27.1. The molecule has 1 unspecified atom stereocenters. The number of carbonyl (C=O) groups excluding carboxylic acids is 1.